The van der Waals surface area contributed by atoms with E-state index in [0.717, 1.165) is 16.5 Å². The molecule has 0 saturated carbocycles. The first-order valence-corrected chi connectivity index (χ1v) is 5.09. The van der Waals surface area contributed by atoms with Crippen LogP contribution in [0.5, 0.6) is 0 Å². The first-order chi connectivity index (χ1) is 7.85. The van der Waals surface area contributed by atoms with Gasteiger partial charge < -0.3 is 0 Å². The summed E-state index contributed by atoms with van der Waals surface area (Å²) in [6.07, 6.45) is 7.65. The minimum Gasteiger partial charge on any atom is -0.271 e. The monoisotopic (exact) mass is 211 g/mol. The van der Waals surface area contributed by atoms with Gasteiger partial charge in [-0.2, -0.15) is 0 Å². The second kappa shape index (κ2) is 4.75. The Morgan fingerprint density at radius 1 is 1.44 bits per heavy atom. The normalized spacial score (nSPS) is 12.2. The Bertz CT molecular complexity index is 528. The number of nitrogens with zero attached hydrogens (tertiary/aromatic N) is 1. The first-order valence-electron chi connectivity index (χ1n) is 5.09. The number of hydrogen-bond donors (Lipinski definition) is 2. The fraction of sp³-hybridized carbons (Fsp3) is 0.154. The number of fused-ring (bicyclic) bond motifs is 1. The molecule has 1 aromatic heterocycles. The summed E-state index contributed by atoms with van der Waals surface area (Å²) in [4.78, 5) is 4.26. The molecule has 2 aromatic rings. The highest BCUT2D eigenvalue weighted by Gasteiger charge is 2.08. The molecule has 1 aromatic carbocycles. The Labute approximate surface area is 94.7 Å². The van der Waals surface area contributed by atoms with Crippen molar-refractivity contribution in [3.8, 4) is 12.3 Å². The van der Waals surface area contributed by atoms with E-state index < -0.39 is 0 Å². The van der Waals surface area contributed by atoms with Crippen LogP contribution >= 0.6 is 0 Å². The Hall–Kier alpha value is -1.89. The molecule has 0 amide bonds. The zero-order valence-corrected chi connectivity index (χ0v) is 8.85. The second-order valence-electron chi connectivity index (χ2n) is 3.58. The van der Waals surface area contributed by atoms with Gasteiger partial charge in [-0.3, -0.25) is 16.3 Å². The van der Waals surface area contributed by atoms with Crippen molar-refractivity contribution in [3.63, 3.8) is 0 Å². The van der Waals surface area contributed by atoms with Gasteiger partial charge in [0.2, 0.25) is 0 Å². The van der Waals surface area contributed by atoms with Crippen molar-refractivity contribution in [3.05, 3.63) is 42.1 Å². The quantitative estimate of drug-likeness (QED) is 0.462. The van der Waals surface area contributed by atoms with Gasteiger partial charge in [0.25, 0.3) is 0 Å². The number of nitrogens with two attached hydrogens (primary N) is 1. The van der Waals surface area contributed by atoms with Crippen LogP contribution in [-0.2, 0) is 0 Å². The Morgan fingerprint density at radius 3 is 3.06 bits per heavy atom. The lowest BCUT2D eigenvalue weighted by atomic mass is 10.0. The fourth-order valence-electron chi connectivity index (χ4n) is 1.70. The number of terminal acetylenes is 1. The van der Waals surface area contributed by atoms with Crippen LogP contribution < -0.4 is 11.3 Å². The Balaban J connectivity index is 2.42. The summed E-state index contributed by atoms with van der Waals surface area (Å²) in [5.41, 5.74) is 4.78. The summed E-state index contributed by atoms with van der Waals surface area (Å²) in [7, 11) is 0. The lowest BCUT2D eigenvalue weighted by Crippen LogP contribution is -2.27. The SMILES string of the molecule is C#CCC(NN)c1ccc2ncccc2c1. The molecule has 0 saturated heterocycles. The number of pyridine rings is 1. The molecule has 16 heavy (non-hydrogen) atoms. The molecule has 1 atom stereocenters. The van der Waals surface area contributed by atoms with Crippen LogP contribution in [0.4, 0.5) is 0 Å². The molecule has 0 radical (unpaired) electrons. The van der Waals surface area contributed by atoms with E-state index >= 15 is 0 Å². The van der Waals surface area contributed by atoms with E-state index in [2.05, 4.69) is 22.4 Å². The van der Waals surface area contributed by atoms with Crippen molar-refractivity contribution in [1.29, 1.82) is 0 Å². The van der Waals surface area contributed by atoms with Crippen molar-refractivity contribution in [2.45, 2.75) is 12.5 Å². The van der Waals surface area contributed by atoms with E-state index in [1.807, 2.05) is 24.3 Å². The van der Waals surface area contributed by atoms with Gasteiger partial charge in [0.1, 0.15) is 0 Å². The molecular weight excluding hydrogens is 198 g/mol. The first kappa shape index (κ1) is 10.6. The standard InChI is InChI=1S/C13H13N3/c1-2-4-13(16-14)11-6-7-12-10(9-11)5-3-8-15-12/h1,3,5-9,13,16H,4,14H2. The summed E-state index contributed by atoms with van der Waals surface area (Å²) in [6, 6.07) is 9.97. The molecule has 0 aliphatic heterocycles. The van der Waals surface area contributed by atoms with Crippen LogP contribution in [0.15, 0.2) is 36.5 Å². The zero-order valence-electron chi connectivity index (χ0n) is 8.85. The van der Waals surface area contributed by atoms with Crippen molar-refractivity contribution in [2.75, 3.05) is 0 Å². The molecule has 3 N–H and O–H groups in total. The van der Waals surface area contributed by atoms with Gasteiger partial charge in [-0.25, -0.2) is 0 Å². The minimum absolute atomic E-state index is 0.00499. The average Bonchev–Trinajstić information content (AvgIpc) is 2.35. The molecular formula is C13H13N3. The molecule has 80 valence electrons. The summed E-state index contributed by atoms with van der Waals surface area (Å²) >= 11 is 0. The maximum absolute atomic E-state index is 5.47. The summed E-state index contributed by atoms with van der Waals surface area (Å²) in [6.45, 7) is 0. The number of hydrazine groups is 1. The molecule has 0 aliphatic carbocycles. The van der Waals surface area contributed by atoms with Crippen LogP contribution in [0.2, 0.25) is 0 Å². The highest BCUT2D eigenvalue weighted by Crippen LogP contribution is 2.20. The van der Waals surface area contributed by atoms with E-state index in [4.69, 9.17) is 12.3 Å². The van der Waals surface area contributed by atoms with Crippen LogP contribution in [-0.4, -0.2) is 4.98 Å². The molecule has 3 heteroatoms. The molecule has 0 spiro atoms. The average molecular weight is 211 g/mol. The molecule has 2 rings (SSSR count). The minimum atomic E-state index is -0.00499. The van der Waals surface area contributed by atoms with Crippen molar-refractivity contribution in [2.24, 2.45) is 5.84 Å². The van der Waals surface area contributed by atoms with Gasteiger partial charge in [-0.05, 0) is 23.8 Å². The number of hydrogen-bond acceptors (Lipinski definition) is 3. The van der Waals surface area contributed by atoms with Gasteiger partial charge in [-0.1, -0.05) is 12.1 Å². The third kappa shape index (κ3) is 2.03. The number of nitrogens with one attached hydrogen (secondary N) is 1. The van der Waals surface area contributed by atoms with Crippen LogP contribution in [0.25, 0.3) is 10.9 Å². The third-order valence-electron chi connectivity index (χ3n) is 2.55. The van der Waals surface area contributed by atoms with E-state index in [-0.39, 0.29) is 6.04 Å². The molecule has 0 bridgehead atoms. The van der Waals surface area contributed by atoms with E-state index in [1.54, 1.807) is 6.20 Å². The van der Waals surface area contributed by atoms with Gasteiger partial charge in [0, 0.05) is 18.0 Å². The highest BCUT2D eigenvalue weighted by molar-refractivity contribution is 5.79. The summed E-state index contributed by atoms with van der Waals surface area (Å²) < 4.78 is 0. The van der Waals surface area contributed by atoms with Crippen molar-refractivity contribution < 1.29 is 0 Å². The third-order valence-corrected chi connectivity index (χ3v) is 2.55. The largest absolute Gasteiger partial charge is 0.271 e. The number of benzene rings is 1. The number of rotatable bonds is 3. The van der Waals surface area contributed by atoms with E-state index in [9.17, 15) is 0 Å². The maximum Gasteiger partial charge on any atom is 0.0702 e. The topological polar surface area (TPSA) is 50.9 Å². The van der Waals surface area contributed by atoms with E-state index in [0.29, 0.717) is 6.42 Å². The second-order valence-corrected chi connectivity index (χ2v) is 3.58. The predicted octanol–water partition coefficient (Wildman–Crippen LogP) is 1.76. The highest BCUT2D eigenvalue weighted by atomic mass is 15.2. The van der Waals surface area contributed by atoms with Crippen molar-refractivity contribution in [1.82, 2.24) is 10.4 Å². The molecule has 1 heterocycles. The van der Waals surface area contributed by atoms with Crippen LogP contribution in [0, 0.1) is 12.3 Å². The summed E-state index contributed by atoms with van der Waals surface area (Å²) in [5, 5.41) is 1.09. The molecule has 0 aliphatic rings. The van der Waals surface area contributed by atoms with Gasteiger partial charge >= 0.3 is 0 Å². The predicted molar refractivity (Wildman–Crippen MR) is 65.3 cm³/mol. The lowest BCUT2D eigenvalue weighted by Gasteiger charge is -2.13. The van der Waals surface area contributed by atoms with E-state index in [1.165, 1.54) is 0 Å². The van der Waals surface area contributed by atoms with Gasteiger partial charge in [0.05, 0.1) is 11.6 Å². The number of aromatic nitrogens is 1. The Morgan fingerprint density at radius 2 is 2.31 bits per heavy atom. The molecule has 3 nitrogen and oxygen atoms in total. The van der Waals surface area contributed by atoms with Gasteiger partial charge in [0.15, 0.2) is 0 Å². The summed E-state index contributed by atoms with van der Waals surface area (Å²) in [5.74, 6) is 8.08. The lowest BCUT2D eigenvalue weighted by molar-refractivity contribution is 0.569. The van der Waals surface area contributed by atoms with Crippen molar-refractivity contribution >= 4 is 10.9 Å². The van der Waals surface area contributed by atoms with Gasteiger partial charge in [-0.15, -0.1) is 12.3 Å². The zero-order chi connectivity index (χ0) is 11.4. The smallest absolute Gasteiger partial charge is 0.0702 e. The molecule has 0 fully saturated rings. The molecule has 1 unspecified atom stereocenters. The maximum atomic E-state index is 5.47. The van der Waals surface area contributed by atoms with Crippen LogP contribution in [0.1, 0.15) is 18.0 Å². The van der Waals surface area contributed by atoms with Crippen LogP contribution in [0.3, 0.4) is 0 Å². The fourth-order valence-corrected chi connectivity index (χ4v) is 1.70. The Kier molecular flexibility index (Phi) is 3.16.